The molecule has 1 aromatic carbocycles. The first kappa shape index (κ1) is 19.5. The third-order valence-corrected chi connectivity index (χ3v) is 5.84. The van der Waals surface area contributed by atoms with Gasteiger partial charge in [0.2, 0.25) is 0 Å². The molecule has 27 heavy (non-hydrogen) atoms. The standard InChI is InChI=1S/C19H18ClFN2O3S/c1-2-3-10-19(12-4-6-13(21)7-5-12)17(25)23(18(26)22-19)11-14(24)15-8-9-16(20)27-15/h4-9H,2-3,10-11H2,1H3,(H,22,26). The number of rotatable bonds is 7. The van der Waals surface area contributed by atoms with Crippen LogP contribution in [-0.4, -0.2) is 29.2 Å². The summed E-state index contributed by atoms with van der Waals surface area (Å²) in [5.41, 5.74) is -0.779. The van der Waals surface area contributed by atoms with Crippen LogP contribution in [0, 0.1) is 5.82 Å². The number of carbonyl (C=O) groups is 3. The van der Waals surface area contributed by atoms with E-state index in [9.17, 15) is 18.8 Å². The van der Waals surface area contributed by atoms with Crippen LogP contribution in [0.1, 0.15) is 41.4 Å². The smallest absolute Gasteiger partial charge is 0.319 e. The number of ketones is 1. The normalized spacial score (nSPS) is 19.4. The average molecular weight is 409 g/mol. The summed E-state index contributed by atoms with van der Waals surface area (Å²) in [6.45, 7) is 1.61. The zero-order valence-corrected chi connectivity index (χ0v) is 16.2. The molecule has 3 rings (SSSR count). The first-order valence-corrected chi connectivity index (χ1v) is 9.75. The molecule has 2 aromatic rings. The molecule has 1 saturated heterocycles. The molecule has 3 amide bonds. The number of benzene rings is 1. The molecule has 0 bridgehead atoms. The first-order chi connectivity index (χ1) is 12.9. The Kier molecular flexibility index (Phi) is 5.62. The Balaban J connectivity index is 1.90. The Morgan fingerprint density at radius 3 is 2.52 bits per heavy atom. The van der Waals surface area contributed by atoms with Gasteiger partial charge < -0.3 is 5.32 Å². The predicted molar refractivity (Wildman–Crippen MR) is 102 cm³/mol. The molecule has 1 atom stereocenters. The maximum Gasteiger partial charge on any atom is 0.325 e. The highest BCUT2D eigenvalue weighted by Crippen LogP contribution is 2.34. The highest BCUT2D eigenvalue weighted by molar-refractivity contribution is 7.18. The van der Waals surface area contributed by atoms with Crippen molar-refractivity contribution in [3.8, 4) is 0 Å². The third kappa shape index (κ3) is 3.75. The fourth-order valence-corrected chi connectivity index (χ4v) is 4.11. The van der Waals surface area contributed by atoms with Crippen molar-refractivity contribution in [3.63, 3.8) is 0 Å². The number of hydrogen-bond donors (Lipinski definition) is 1. The second-order valence-corrected chi connectivity index (χ2v) is 8.08. The van der Waals surface area contributed by atoms with Gasteiger partial charge in [0.15, 0.2) is 5.78 Å². The molecule has 1 unspecified atom stereocenters. The van der Waals surface area contributed by atoms with Gasteiger partial charge in [0, 0.05) is 0 Å². The lowest BCUT2D eigenvalue weighted by Gasteiger charge is -2.27. The molecule has 2 heterocycles. The van der Waals surface area contributed by atoms with E-state index < -0.39 is 23.3 Å². The fourth-order valence-electron chi connectivity index (χ4n) is 3.14. The molecule has 0 radical (unpaired) electrons. The molecule has 0 saturated carbocycles. The van der Waals surface area contributed by atoms with Crippen LogP contribution in [0.3, 0.4) is 0 Å². The molecule has 0 aliphatic carbocycles. The lowest BCUT2D eigenvalue weighted by atomic mass is 9.84. The van der Waals surface area contributed by atoms with E-state index in [2.05, 4.69) is 5.32 Å². The minimum absolute atomic E-state index is 0.360. The van der Waals surface area contributed by atoms with Gasteiger partial charge in [-0.1, -0.05) is 43.5 Å². The summed E-state index contributed by atoms with van der Waals surface area (Å²) >= 11 is 6.95. The van der Waals surface area contributed by atoms with Crippen molar-refractivity contribution in [2.45, 2.75) is 31.7 Å². The third-order valence-electron chi connectivity index (χ3n) is 4.57. The minimum Gasteiger partial charge on any atom is -0.319 e. The SMILES string of the molecule is CCCCC1(c2ccc(F)cc2)NC(=O)N(CC(=O)c2ccc(Cl)s2)C1=O. The molecule has 1 aliphatic heterocycles. The van der Waals surface area contributed by atoms with Crippen molar-refractivity contribution < 1.29 is 18.8 Å². The van der Waals surface area contributed by atoms with E-state index in [0.717, 1.165) is 22.7 Å². The molecule has 8 heteroatoms. The predicted octanol–water partition coefficient (Wildman–Crippen LogP) is 4.36. The Morgan fingerprint density at radius 1 is 1.22 bits per heavy atom. The van der Waals surface area contributed by atoms with Crippen molar-refractivity contribution in [2.75, 3.05) is 6.54 Å². The van der Waals surface area contributed by atoms with E-state index in [1.165, 1.54) is 24.3 Å². The molecule has 5 nitrogen and oxygen atoms in total. The summed E-state index contributed by atoms with van der Waals surface area (Å²) in [6.07, 6.45) is 1.87. The van der Waals surface area contributed by atoms with E-state index in [1.807, 2.05) is 6.92 Å². The Hall–Kier alpha value is -2.25. The van der Waals surface area contributed by atoms with Gasteiger partial charge in [0.05, 0.1) is 15.8 Å². The van der Waals surface area contributed by atoms with Crippen LogP contribution in [0.25, 0.3) is 0 Å². The maximum atomic E-state index is 13.3. The molecule has 142 valence electrons. The van der Waals surface area contributed by atoms with E-state index in [-0.39, 0.29) is 12.3 Å². The Labute approximate surface area is 165 Å². The van der Waals surface area contributed by atoms with Gasteiger partial charge in [-0.15, -0.1) is 11.3 Å². The van der Waals surface area contributed by atoms with E-state index in [1.54, 1.807) is 12.1 Å². The van der Waals surface area contributed by atoms with Crippen molar-refractivity contribution >= 4 is 40.7 Å². The van der Waals surface area contributed by atoms with Gasteiger partial charge in [-0.25, -0.2) is 9.18 Å². The molecular formula is C19H18ClFN2O3S. The number of Topliss-reactive ketones (excluding diaryl/α,β-unsaturated/α-hetero) is 1. The number of imide groups is 1. The van der Waals surface area contributed by atoms with Crippen LogP contribution < -0.4 is 5.32 Å². The fraction of sp³-hybridized carbons (Fsp3) is 0.316. The van der Waals surface area contributed by atoms with Crippen molar-refractivity contribution in [3.05, 3.63) is 57.0 Å². The summed E-state index contributed by atoms with van der Waals surface area (Å²) in [7, 11) is 0. The number of carbonyl (C=O) groups excluding carboxylic acids is 3. The largest absolute Gasteiger partial charge is 0.325 e. The zero-order valence-electron chi connectivity index (χ0n) is 14.6. The lowest BCUT2D eigenvalue weighted by molar-refractivity contribution is -0.131. The van der Waals surface area contributed by atoms with E-state index in [4.69, 9.17) is 11.6 Å². The molecular weight excluding hydrogens is 391 g/mol. The quantitative estimate of drug-likeness (QED) is 0.546. The van der Waals surface area contributed by atoms with Crippen molar-refractivity contribution in [2.24, 2.45) is 0 Å². The number of nitrogens with zero attached hydrogens (tertiary/aromatic N) is 1. The second-order valence-electron chi connectivity index (χ2n) is 6.36. The number of urea groups is 1. The molecule has 0 spiro atoms. The van der Waals surface area contributed by atoms with Gasteiger partial charge in [0.1, 0.15) is 11.4 Å². The molecule has 1 fully saturated rings. The Bertz CT molecular complexity index is 883. The van der Waals surface area contributed by atoms with Gasteiger partial charge in [-0.05, 0) is 36.2 Å². The molecule has 1 N–H and O–H groups in total. The number of halogens is 2. The highest BCUT2D eigenvalue weighted by atomic mass is 35.5. The number of nitrogens with one attached hydrogen (secondary N) is 1. The molecule has 1 aliphatic rings. The number of hydrogen-bond acceptors (Lipinski definition) is 4. The van der Waals surface area contributed by atoms with Crippen LogP contribution in [0.15, 0.2) is 36.4 Å². The topological polar surface area (TPSA) is 66.5 Å². The summed E-state index contributed by atoms with van der Waals surface area (Å²) in [4.78, 5) is 39.4. The second kappa shape index (κ2) is 7.78. The zero-order chi connectivity index (χ0) is 19.6. The number of unbranched alkanes of at least 4 members (excludes halogenated alkanes) is 1. The minimum atomic E-state index is -1.28. The van der Waals surface area contributed by atoms with Gasteiger partial charge in [0.25, 0.3) is 5.91 Å². The Morgan fingerprint density at radius 2 is 1.93 bits per heavy atom. The van der Waals surface area contributed by atoms with Crippen LogP contribution in [0.5, 0.6) is 0 Å². The van der Waals surface area contributed by atoms with Crippen molar-refractivity contribution in [1.29, 1.82) is 0 Å². The lowest BCUT2D eigenvalue weighted by Crippen LogP contribution is -2.44. The number of thiophene rings is 1. The maximum absolute atomic E-state index is 13.3. The highest BCUT2D eigenvalue weighted by Gasteiger charge is 2.52. The summed E-state index contributed by atoms with van der Waals surface area (Å²) in [5.74, 6) is -1.29. The van der Waals surface area contributed by atoms with Crippen LogP contribution in [0.4, 0.5) is 9.18 Å². The monoisotopic (exact) mass is 408 g/mol. The summed E-state index contributed by atoms with van der Waals surface area (Å²) in [5, 5.41) is 2.74. The van der Waals surface area contributed by atoms with Crippen LogP contribution in [-0.2, 0) is 10.3 Å². The van der Waals surface area contributed by atoms with Gasteiger partial charge in [-0.3, -0.25) is 14.5 Å². The summed E-state index contributed by atoms with van der Waals surface area (Å²) in [6, 6.07) is 8.03. The van der Waals surface area contributed by atoms with E-state index in [0.29, 0.717) is 27.6 Å². The van der Waals surface area contributed by atoms with E-state index >= 15 is 0 Å². The first-order valence-electron chi connectivity index (χ1n) is 8.56. The average Bonchev–Trinajstić information content (AvgIpc) is 3.18. The summed E-state index contributed by atoms with van der Waals surface area (Å²) < 4.78 is 13.8. The van der Waals surface area contributed by atoms with Crippen LogP contribution in [0.2, 0.25) is 4.34 Å². The molecule has 1 aromatic heterocycles. The van der Waals surface area contributed by atoms with Gasteiger partial charge >= 0.3 is 6.03 Å². The van der Waals surface area contributed by atoms with Gasteiger partial charge in [-0.2, -0.15) is 0 Å². The van der Waals surface area contributed by atoms with Crippen LogP contribution >= 0.6 is 22.9 Å². The van der Waals surface area contributed by atoms with Crippen molar-refractivity contribution in [1.82, 2.24) is 10.2 Å². The number of amides is 3.